The van der Waals surface area contributed by atoms with Crippen LogP contribution in [0.15, 0.2) is 134 Å². The van der Waals surface area contributed by atoms with Gasteiger partial charge in [-0.1, -0.05) is 244 Å². The third kappa shape index (κ3) is 61.4. The van der Waals surface area contributed by atoms with E-state index in [0.29, 0.717) is 17.4 Å². The van der Waals surface area contributed by atoms with Crippen molar-refractivity contribution in [3.8, 4) is 0 Å². The highest BCUT2D eigenvalue weighted by molar-refractivity contribution is 7.47. The first-order chi connectivity index (χ1) is 38.0. The Hall–Kier alpha value is -3.85. The number of rotatable bonds is 55. The van der Waals surface area contributed by atoms with Crippen molar-refractivity contribution in [2.45, 2.75) is 238 Å². The predicted octanol–water partition coefficient (Wildman–Crippen LogP) is 19.7. The van der Waals surface area contributed by atoms with Gasteiger partial charge in [-0.2, -0.15) is 0 Å². The summed E-state index contributed by atoms with van der Waals surface area (Å²) < 4.78 is 34.6. The van der Waals surface area contributed by atoms with Gasteiger partial charge in [-0.3, -0.25) is 18.6 Å². The lowest BCUT2D eigenvalue weighted by Gasteiger charge is -2.24. The van der Waals surface area contributed by atoms with Crippen molar-refractivity contribution in [1.29, 1.82) is 0 Å². The number of likely N-dealkylation sites (N-methyl/N-ethyl adjacent to an activating group) is 1. The fourth-order valence-corrected chi connectivity index (χ4v) is 8.73. The molecule has 9 nitrogen and oxygen atoms in total. The smallest absolute Gasteiger partial charge is 0.462 e. The van der Waals surface area contributed by atoms with Crippen LogP contribution in [0.2, 0.25) is 0 Å². The Labute approximate surface area is 479 Å². The summed E-state index contributed by atoms with van der Waals surface area (Å²) >= 11 is 0. The van der Waals surface area contributed by atoms with Crippen LogP contribution in [0, 0.1) is 0 Å². The number of phosphoric ester groups is 1. The number of allylic oxidation sites excluding steroid dienone is 22. The Morgan fingerprint density at radius 2 is 0.692 bits per heavy atom. The molecule has 0 fully saturated rings. The summed E-state index contributed by atoms with van der Waals surface area (Å²) in [5, 5.41) is 0. The largest absolute Gasteiger partial charge is 0.472 e. The SMILES string of the molecule is CC/C=C\C/C=C\C/C=C\C/C=C\C/C=C\C/C=C\CCCCCCCCCCCCC(=O)OC(COC(=O)CCCCCCCCCCC/C=C\C/C=C\C/C=C\C/C=C\C/C=C\CC)COP(=O)(O)OCC[N+](C)(C)C. The first-order valence-corrected chi connectivity index (χ1v) is 32.4. The molecule has 0 radical (unpaired) electrons. The third-order valence-corrected chi connectivity index (χ3v) is 13.7. The normalized spacial score (nSPS) is 14.2. The van der Waals surface area contributed by atoms with Gasteiger partial charge in [0.1, 0.15) is 19.8 Å². The second kappa shape index (κ2) is 57.8. The number of carbonyl (C=O) groups excluding carboxylic acids is 2. The molecule has 2 atom stereocenters. The standard InChI is InChI=1S/C68H114NO8P/c1-6-8-10-12-14-16-18-20-22-24-26-28-30-32-33-34-35-37-39-41-43-45-47-49-51-53-55-57-59-61-68(71)77-66(65-76-78(72,73)75-63-62-69(3,4)5)64-74-67(70)60-58-56-54-52-50-48-46-44-42-40-38-36-31-29-27-25-23-21-19-17-15-13-11-9-7-2/h8-11,14-17,20-23,26-29,32-33,35-38,66H,6-7,12-13,18-19,24-25,30-31,34,39-65H2,1-5H3/p+1/b10-8-,11-9-,16-14-,17-15-,22-20-,23-21-,28-26-,29-27-,33-32-,37-35-,38-36-. The van der Waals surface area contributed by atoms with Crippen molar-refractivity contribution in [2.75, 3.05) is 47.5 Å². The molecule has 78 heavy (non-hydrogen) atoms. The molecule has 0 amide bonds. The minimum Gasteiger partial charge on any atom is -0.462 e. The second-order valence-electron chi connectivity index (χ2n) is 21.3. The molecule has 1 N–H and O–H groups in total. The summed E-state index contributed by atoms with van der Waals surface area (Å²) in [6, 6.07) is 0. The lowest BCUT2D eigenvalue weighted by molar-refractivity contribution is -0.870. The zero-order valence-electron chi connectivity index (χ0n) is 50.3. The van der Waals surface area contributed by atoms with E-state index in [1.54, 1.807) is 0 Å². The van der Waals surface area contributed by atoms with E-state index < -0.39 is 26.5 Å². The molecule has 0 aliphatic heterocycles. The van der Waals surface area contributed by atoms with Gasteiger partial charge >= 0.3 is 19.8 Å². The Kier molecular flexibility index (Phi) is 55.0. The number of hydrogen-bond donors (Lipinski definition) is 1. The van der Waals surface area contributed by atoms with Gasteiger partial charge in [0.2, 0.25) is 0 Å². The third-order valence-electron chi connectivity index (χ3n) is 12.7. The van der Waals surface area contributed by atoms with Crippen LogP contribution >= 0.6 is 7.82 Å². The van der Waals surface area contributed by atoms with Gasteiger partial charge in [0.15, 0.2) is 6.10 Å². The van der Waals surface area contributed by atoms with Crippen LogP contribution < -0.4 is 0 Å². The lowest BCUT2D eigenvalue weighted by Crippen LogP contribution is -2.37. The van der Waals surface area contributed by atoms with E-state index in [1.807, 2.05) is 21.1 Å². The number of nitrogens with zero attached hydrogens (tertiary/aromatic N) is 1. The molecule has 0 aromatic heterocycles. The van der Waals surface area contributed by atoms with Gasteiger partial charge in [0, 0.05) is 12.8 Å². The Bertz CT molecular complexity index is 1780. The van der Waals surface area contributed by atoms with Gasteiger partial charge in [-0.25, -0.2) is 4.57 Å². The topological polar surface area (TPSA) is 108 Å². The number of phosphoric acid groups is 1. The fraction of sp³-hybridized carbons (Fsp3) is 0.647. The zero-order valence-corrected chi connectivity index (χ0v) is 51.2. The molecule has 0 aromatic carbocycles. The van der Waals surface area contributed by atoms with E-state index in [-0.39, 0.29) is 32.0 Å². The highest BCUT2D eigenvalue weighted by Gasteiger charge is 2.27. The molecule has 0 rings (SSSR count). The van der Waals surface area contributed by atoms with Crippen LogP contribution in [0.4, 0.5) is 0 Å². The van der Waals surface area contributed by atoms with E-state index in [2.05, 4.69) is 148 Å². The first-order valence-electron chi connectivity index (χ1n) is 30.9. The van der Waals surface area contributed by atoms with Gasteiger partial charge < -0.3 is 18.9 Å². The Morgan fingerprint density at radius 1 is 0.397 bits per heavy atom. The summed E-state index contributed by atoms with van der Waals surface area (Å²) in [5.74, 6) is -0.816. The molecule has 0 bridgehead atoms. The number of esters is 2. The van der Waals surface area contributed by atoms with Crippen molar-refractivity contribution < 1.29 is 42.1 Å². The highest BCUT2D eigenvalue weighted by Crippen LogP contribution is 2.43. The summed E-state index contributed by atoms with van der Waals surface area (Å²) in [4.78, 5) is 35.8. The van der Waals surface area contributed by atoms with Gasteiger partial charge in [-0.15, -0.1) is 0 Å². The summed E-state index contributed by atoms with van der Waals surface area (Å²) in [6.45, 7) is 4.19. The van der Waals surface area contributed by atoms with Gasteiger partial charge in [0.25, 0.3) is 0 Å². The zero-order chi connectivity index (χ0) is 57.0. The summed E-state index contributed by atoms with van der Waals surface area (Å²) in [5.41, 5.74) is 0. The van der Waals surface area contributed by atoms with Crippen molar-refractivity contribution in [3.05, 3.63) is 134 Å². The highest BCUT2D eigenvalue weighted by atomic mass is 31.2. The molecule has 444 valence electrons. The van der Waals surface area contributed by atoms with Crippen LogP contribution in [0.1, 0.15) is 232 Å². The van der Waals surface area contributed by atoms with Crippen LogP contribution in [-0.2, 0) is 32.7 Å². The Balaban J connectivity index is 4.19. The minimum absolute atomic E-state index is 0.0227. The van der Waals surface area contributed by atoms with Crippen LogP contribution in [-0.4, -0.2) is 74.9 Å². The van der Waals surface area contributed by atoms with E-state index in [1.165, 1.54) is 70.6 Å². The average Bonchev–Trinajstić information content (AvgIpc) is 3.41. The van der Waals surface area contributed by atoms with Gasteiger partial charge in [0.05, 0.1) is 27.7 Å². The maximum absolute atomic E-state index is 12.8. The molecule has 10 heteroatoms. The van der Waals surface area contributed by atoms with Crippen LogP contribution in [0.5, 0.6) is 0 Å². The minimum atomic E-state index is -4.40. The first kappa shape index (κ1) is 74.2. The molecule has 0 spiro atoms. The summed E-state index contributed by atoms with van der Waals surface area (Å²) in [6.07, 6.45) is 83.7. The molecular formula is C68H115NO8P+. The second-order valence-corrected chi connectivity index (χ2v) is 22.8. The number of unbranched alkanes of at least 4 members (excludes halogenated alkanes) is 19. The maximum Gasteiger partial charge on any atom is 0.472 e. The van der Waals surface area contributed by atoms with E-state index in [4.69, 9.17) is 18.5 Å². The number of carbonyl (C=O) groups is 2. The number of ether oxygens (including phenoxy) is 2. The number of quaternary nitrogens is 1. The monoisotopic (exact) mass is 1100 g/mol. The maximum atomic E-state index is 12.8. The lowest BCUT2D eigenvalue weighted by atomic mass is 10.0. The van der Waals surface area contributed by atoms with Crippen LogP contribution in [0.3, 0.4) is 0 Å². The van der Waals surface area contributed by atoms with E-state index >= 15 is 0 Å². The average molecular weight is 1110 g/mol. The molecule has 0 aliphatic carbocycles. The number of hydrogen-bond acceptors (Lipinski definition) is 7. The quantitative estimate of drug-likeness (QED) is 0.0211. The molecule has 0 saturated heterocycles. The van der Waals surface area contributed by atoms with E-state index in [9.17, 15) is 19.0 Å². The van der Waals surface area contributed by atoms with E-state index in [0.717, 1.165) is 128 Å². The molecule has 0 saturated carbocycles. The van der Waals surface area contributed by atoms with Crippen LogP contribution in [0.25, 0.3) is 0 Å². The van der Waals surface area contributed by atoms with Crippen molar-refractivity contribution in [3.63, 3.8) is 0 Å². The fourth-order valence-electron chi connectivity index (χ4n) is 7.99. The molecular weight excluding hydrogens is 990 g/mol. The molecule has 0 heterocycles. The van der Waals surface area contributed by atoms with Crippen molar-refractivity contribution >= 4 is 19.8 Å². The van der Waals surface area contributed by atoms with Crippen molar-refractivity contribution in [1.82, 2.24) is 0 Å². The molecule has 0 aromatic rings. The van der Waals surface area contributed by atoms with Gasteiger partial charge in [-0.05, 0) is 109 Å². The molecule has 2 unspecified atom stereocenters. The Morgan fingerprint density at radius 3 is 1.03 bits per heavy atom. The summed E-state index contributed by atoms with van der Waals surface area (Å²) in [7, 11) is 1.45. The van der Waals surface area contributed by atoms with Crippen molar-refractivity contribution in [2.24, 2.45) is 0 Å². The predicted molar refractivity (Wildman–Crippen MR) is 334 cm³/mol. The molecule has 0 aliphatic rings.